The minimum atomic E-state index is -0.336. The highest BCUT2D eigenvalue weighted by Crippen LogP contribution is 2.22. The summed E-state index contributed by atoms with van der Waals surface area (Å²) in [7, 11) is 0. The van der Waals surface area contributed by atoms with Crippen LogP contribution in [0.25, 0.3) is 11.0 Å². The maximum atomic E-state index is 12.0. The van der Waals surface area contributed by atoms with E-state index in [-0.39, 0.29) is 24.9 Å². The Morgan fingerprint density at radius 2 is 1.79 bits per heavy atom. The molecule has 0 saturated carbocycles. The molecular formula is C23H25NO4. The lowest BCUT2D eigenvalue weighted by molar-refractivity contribution is -0.143. The standard InChI is InChI=1S/C23H25NO4/c1-16-3-6-18(7-4-16)8-10-22(25)24-11-12-27-23(26)14-19-15-28-21-13-17(2)5-9-20(19)21/h3-7,9,13,15H,8,10-12,14H2,1-2H3,(H,24,25). The lowest BCUT2D eigenvalue weighted by atomic mass is 10.1. The van der Waals surface area contributed by atoms with Gasteiger partial charge in [0.2, 0.25) is 5.91 Å². The number of furan rings is 1. The molecule has 1 N–H and O–H groups in total. The topological polar surface area (TPSA) is 68.5 Å². The summed E-state index contributed by atoms with van der Waals surface area (Å²) in [5, 5.41) is 3.70. The number of aryl methyl sites for hydroxylation is 3. The molecule has 0 spiro atoms. The fourth-order valence-corrected chi connectivity index (χ4v) is 2.99. The quantitative estimate of drug-likeness (QED) is 0.476. The zero-order chi connectivity index (χ0) is 19.9. The summed E-state index contributed by atoms with van der Waals surface area (Å²) in [6, 6.07) is 14.0. The van der Waals surface area contributed by atoms with E-state index in [1.807, 2.05) is 56.3 Å². The Morgan fingerprint density at radius 3 is 2.57 bits per heavy atom. The third-order valence-electron chi connectivity index (χ3n) is 4.59. The van der Waals surface area contributed by atoms with E-state index in [9.17, 15) is 9.59 Å². The molecule has 0 fully saturated rings. The number of carbonyl (C=O) groups is 2. The van der Waals surface area contributed by atoms with Crippen LogP contribution in [0.2, 0.25) is 0 Å². The molecule has 0 aliphatic carbocycles. The Kier molecular flexibility index (Phi) is 6.48. The number of carbonyl (C=O) groups excluding carboxylic acids is 2. The molecule has 3 rings (SSSR count). The number of fused-ring (bicyclic) bond motifs is 1. The van der Waals surface area contributed by atoms with Crippen molar-refractivity contribution in [1.82, 2.24) is 5.32 Å². The Balaban J connectivity index is 1.35. The third-order valence-corrected chi connectivity index (χ3v) is 4.59. The van der Waals surface area contributed by atoms with Gasteiger partial charge in [0.1, 0.15) is 12.2 Å². The van der Waals surface area contributed by atoms with Gasteiger partial charge in [0.15, 0.2) is 0 Å². The van der Waals surface area contributed by atoms with Gasteiger partial charge < -0.3 is 14.5 Å². The zero-order valence-corrected chi connectivity index (χ0v) is 16.3. The fraction of sp³-hybridized carbons (Fsp3) is 0.304. The first-order valence-electron chi connectivity index (χ1n) is 9.46. The smallest absolute Gasteiger partial charge is 0.310 e. The van der Waals surface area contributed by atoms with Crippen LogP contribution in [0.15, 0.2) is 53.1 Å². The summed E-state index contributed by atoms with van der Waals surface area (Å²) in [5.74, 6) is -0.384. The van der Waals surface area contributed by atoms with E-state index < -0.39 is 0 Å². The van der Waals surface area contributed by atoms with Crippen LogP contribution in [-0.2, 0) is 27.2 Å². The van der Waals surface area contributed by atoms with Crippen LogP contribution in [0, 0.1) is 13.8 Å². The molecule has 0 radical (unpaired) electrons. The van der Waals surface area contributed by atoms with Crippen LogP contribution in [0.3, 0.4) is 0 Å². The van der Waals surface area contributed by atoms with Gasteiger partial charge in [-0.05, 0) is 37.5 Å². The molecule has 0 saturated heterocycles. The van der Waals surface area contributed by atoms with Crippen molar-refractivity contribution >= 4 is 22.8 Å². The van der Waals surface area contributed by atoms with Crippen molar-refractivity contribution < 1.29 is 18.7 Å². The SMILES string of the molecule is Cc1ccc(CCC(=O)NCCOC(=O)Cc2coc3cc(C)ccc23)cc1. The van der Waals surface area contributed by atoms with Crippen LogP contribution in [-0.4, -0.2) is 25.0 Å². The highest BCUT2D eigenvalue weighted by molar-refractivity contribution is 5.86. The normalized spacial score (nSPS) is 10.8. The van der Waals surface area contributed by atoms with Gasteiger partial charge in [-0.25, -0.2) is 0 Å². The van der Waals surface area contributed by atoms with E-state index in [0.717, 1.165) is 27.7 Å². The first kappa shape index (κ1) is 19.7. The molecule has 0 unspecified atom stereocenters. The van der Waals surface area contributed by atoms with Crippen LogP contribution >= 0.6 is 0 Å². The third kappa shape index (κ3) is 5.46. The van der Waals surface area contributed by atoms with Gasteiger partial charge in [-0.2, -0.15) is 0 Å². The molecule has 5 nitrogen and oxygen atoms in total. The van der Waals surface area contributed by atoms with Gasteiger partial charge in [-0.15, -0.1) is 0 Å². The molecule has 5 heteroatoms. The first-order chi connectivity index (χ1) is 13.5. The Morgan fingerprint density at radius 1 is 1.04 bits per heavy atom. The van der Waals surface area contributed by atoms with Gasteiger partial charge in [0, 0.05) is 17.4 Å². The predicted molar refractivity (Wildman–Crippen MR) is 108 cm³/mol. The van der Waals surface area contributed by atoms with Gasteiger partial charge in [-0.1, -0.05) is 42.0 Å². The van der Waals surface area contributed by atoms with E-state index in [4.69, 9.17) is 9.15 Å². The van der Waals surface area contributed by atoms with Crippen molar-refractivity contribution in [1.29, 1.82) is 0 Å². The van der Waals surface area contributed by atoms with Crippen molar-refractivity contribution in [3.63, 3.8) is 0 Å². The number of hydrogen-bond acceptors (Lipinski definition) is 4. The molecule has 3 aromatic rings. The van der Waals surface area contributed by atoms with Gasteiger partial charge in [0.05, 0.1) is 19.2 Å². The summed E-state index contributed by atoms with van der Waals surface area (Å²) >= 11 is 0. The van der Waals surface area contributed by atoms with Crippen LogP contribution in [0.4, 0.5) is 0 Å². The van der Waals surface area contributed by atoms with Crippen molar-refractivity contribution in [2.75, 3.05) is 13.2 Å². The maximum absolute atomic E-state index is 12.0. The molecule has 1 aromatic heterocycles. The molecule has 1 amide bonds. The lowest BCUT2D eigenvalue weighted by Crippen LogP contribution is -2.28. The van der Waals surface area contributed by atoms with Crippen molar-refractivity contribution in [3.8, 4) is 0 Å². The first-order valence-corrected chi connectivity index (χ1v) is 9.46. The number of ether oxygens (including phenoxy) is 1. The Bertz CT molecular complexity index is 956. The molecule has 0 aliphatic heterocycles. The fourth-order valence-electron chi connectivity index (χ4n) is 2.99. The van der Waals surface area contributed by atoms with Crippen LogP contribution in [0.5, 0.6) is 0 Å². The van der Waals surface area contributed by atoms with E-state index >= 15 is 0 Å². The second-order valence-corrected chi connectivity index (χ2v) is 6.99. The van der Waals surface area contributed by atoms with Crippen molar-refractivity contribution in [2.45, 2.75) is 33.1 Å². The summed E-state index contributed by atoms with van der Waals surface area (Å²) in [6.07, 6.45) is 2.85. The number of esters is 1. The maximum Gasteiger partial charge on any atom is 0.310 e. The van der Waals surface area contributed by atoms with Crippen molar-refractivity contribution in [2.24, 2.45) is 0 Å². The molecule has 146 valence electrons. The van der Waals surface area contributed by atoms with E-state index in [0.29, 0.717) is 19.4 Å². The molecule has 0 aliphatic rings. The monoisotopic (exact) mass is 379 g/mol. The number of rotatable bonds is 8. The number of amides is 1. The van der Waals surface area contributed by atoms with Gasteiger partial charge >= 0.3 is 5.97 Å². The molecule has 2 aromatic carbocycles. The van der Waals surface area contributed by atoms with Crippen LogP contribution < -0.4 is 5.32 Å². The lowest BCUT2D eigenvalue weighted by Gasteiger charge is -2.07. The minimum absolute atomic E-state index is 0.0483. The van der Waals surface area contributed by atoms with Crippen molar-refractivity contribution in [3.05, 3.63) is 71.0 Å². The second-order valence-electron chi connectivity index (χ2n) is 6.99. The average Bonchev–Trinajstić information content (AvgIpc) is 3.06. The number of hydrogen-bond donors (Lipinski definition) is 1. The highest BCUT2D eigenvalue weighted by Gasteiger charge is 2.11. The Hall–Kier alpha value is -3.08. The average molecular weight is 379 g/mol. The molecular weight excluding hydrogens is 354 g/mol. The number of nitrogens with one attached hydrogen (secondary N) is 1. The van der Waals surface area contributed by atoms with Gasteiger partial charge in [0.25, 0.3) is 0 Å². The summed E-state index contributed by atoms with van der Waals surface area (Å²) in [5.41, 5.74) is 5.02. The second kappa shape index (κ2) is 9.22. The van der Waals surface area contributed by atoms with E-state index in [1.54, 1.807) is 6.26 Å². The highest BCUT2D eigenvalue weighted by atomic mass is 16.5. The van der Waals surface area contributed by atoms with Crippen LogP contribution in [0.1, 0.15) is 28.7 Å². The summed E-state index contributed by atoms with van der Waals surface area (Å²) < 4.78 is 10.7. The minimum Gasteiger partial charge on any atom is -0.464 e. The zero-order valence-electron chi connectivity index (χ0n) is 16.3. The van der Waals surface area contributed by atoms with E-state index in [2.05, 4.69) is 5.32 Å². The van der Waals surface area contributed by atoms with E-state index in [1.165, 1.54) is 5.56 Å². The number of benzene rings is 2. The Labute approximate surface area is 164 Å². The predicted octanol–water partition coefficient (Wildman–Crippen LogP) is 3.88. The largest absolute Gasteiger partial charge is 0.464 e. The molecule has 0 atom stereocenters. The summed E-state index contributed by atoms with van der Waals surface area (Å²) in [6.45, 7) is 4.49. The molecule has 28 heavy (non-hydrogen) atoms. The summed E-state index contributed by atoms with van der Waals surface area (Å²) in [4.78, 5) is 23.9. The van der Waals surface area contributed by atoms with Gasteiger partial charge in [-0.3, -0.25) is 9.59 Å². The molecule has 1 heterocycles. The molecule has 0 bridgehead atoms.